The monoisotopic (exact) mass is 347 g/mol. The van der Waals surface area contributed by atoms with Gasteiger partial charge in [-0.15, -0.1) is 11.8 Å². The molecule has 2 N–H and O–H groups in total. The predicted molar refractivity (Wildman–Crippen MR) is 95.4 cm³/mol. The summed E-state index contributed by atoms with van der Waals surface area (Å²) in [5.41, 5.74) is 7.36. The summed E-state index contributed by atoms with van der Waals surface area (Å²) in [4.78, 5) is 12.9. The van der Waals surface area contributed by atoms with Crippen molar-refractivity contribution in [1.82, 2.24) is 0 Å². The Bertz CT molecular complexity index is 691. The van der Waals surface area contributed by atoms with Crippen molar-refractivity contribution in [2.75, 3.05) is 0 Å². The lowest BCUT2D eigenvalue weighted by atomic mass is 10.0. The lowest BCUT2D eigenvalue weighted by molar-refractivity contribution is -0.149. The molecule has 0 unspecified atom stereocenters. The highest BCUT2D eigenvalue weighted by Gasteiger charge is 2.26. The van der Waals surface area contributed by atoms with Gasteiger partial charge in [-0.3, -0.25) is 4.79 Å². The first kappa shape index (κ1) is 18.5. The summed E-state index contributed by atoms with van der Waals surface area (Å²) in [7, 11) is 0. The molecule has 5 heteroatoms. The van der Waals surface area contributed by atoms with Gasteiger partial charge in [0.2, 0.25) is 0 Å². The Kier molecular flexibility index (Phi) is 6.40. The van der Waals surface area contributed by atoms with Crippen molar-refractivity contribution in [3.8, 4) is 0 Å². The number of carbonyl (C=O) groups excluding carboxylic acids is 1. The van der Waals surface area contributed by atoms with Crippen molar-refractivity contribution in [3.63, 3.8) is 0 Å². The first-order valence-corrected chi connectivity index (χ1v) is 8.70. The zero-order valence-electron chi connectivity index (χ0n) is 14.0. The van der Waals surface area contributed by atoms with Crippen LogP contribution in [0.1, 0.15) is 30.2 Å². The second kappa shape index (κ2) is 8.31. The number of rotatable bonds is 6. The van der Waals surface area contributed by atoms with Crippen LogP contribution in [0.2, 0.25) is 0 Å². The van der Waals surface area contributed by atoms with Crippen LogP contribution in [0.5, 0.6) is 0 Å². The molecule has 0 radical (unpaired) electrons. The lowest BCUT2D eigenvalue weighted by Gasteiger charge is -2.26. The number of nitrogens with two attached hydrogens (primary N) is 1. The van der Waals surface area contributed by atoms with E-state index in [1.54, 1.807) is 24.8 Å². The number of hydrogen-bond acceptors (Lipinski definition) is 4. The van der Waals surface area contributed by atoms with Crippen LogP contribution in [0.25, 0.3) is 0 Å². The number of carbonyl (C=O) groups is 1. The lowest BCUT2D eigenvalue weighted by Crippen LogP contribution is -2.33. The number of aryl methyl sites for hydroxylation is 1. The van der Waals surface area contributed by atoms with Gasteiger partial charge in [0.05, 0.1) is 5.25 Å². The highest BCUT2D eigenvalue weighted by atomic mass is 32.2. The van der Waals surface area contributed by atoms with Gasteiger partial charge in [-0.1, -0.05) is 24.3 Å². The summed E-state index contributed by atoms with van der Waals surface area (Å²) >= 11 is 1.58. The molecule has 0 saturated carbocycles. The molecule has 0 aliphatic carbocycles. The summed E-state index contributed by atoms with van der Waals surface area (Å²) < 4.78 is 19.0. The second-order valence-corrected chi connectivity index (χ2v) is 7.00. The van der Waals surface area contributed by atoms with Crippen molar-refractivity contribution in [2.45, 2.75) is 43.1 Å². The van der Waals surface area contributed by atoms with Gasteiger partial charge < -0.3 is 10.5 Å². The molecule has 0 aliphatic heterocycles. The van der Waals surface area contributed by atoms with E-state index in [1.807, 2.05) is 44.2 Å². The maximum Gasteiger partial charge on any atom is 0.322 e. The van der Waals surface area contributed by atoms with Crippen molar-refractivity contribution in [1.29, 1.82) is 0 Å². The minimum Gasteiger partial charge on any atom is -0.460 e. The molecule has 0 heterocycles. The smallest absolute Gasteiger partial charge is 0.322 e. The van der Waals surface area contributed by atoms with Crippen LogP contribution >= 0.6 is 11.8 Å². The predicted octanol–water partition coefficient (Wildman–Crippen LogP) is 4.25. The van der Waals surface area contributed by atoms with Crippen molar-refractivity contribution < 1.29 is 13.9 Å². The molecule has 0 amide bonds. The van der Waals surface area contributed by atoms with Gasteiger partial charge in [0.25, 0.3) is 0 Å². The molecule has 2 rings (SSSR count). The molecule has 3 atom stereocenters. The largest absolute Gasteiger partial charge is 0.460 e. The van der Waals surface area contributed by atoms with E-state index in [-0.39, 0.29) is 11.1 Å². The number of hydrogen-bond donors (Lipinski definition) is 1. The van der Waals surface area contributed by atoms with E-state index in [9.17, 15) is 9.18 Å². The van der Waals surface area contributed by atoms with Crippen LogP contribution in [0.3, 0.4) is 0 Å². The van der Waals surface area contributed by atoms with Gasteiger partial charge >= 0.3 is 5.97 Å². The molecule has 24 heavy (non-hydrogen) atoms. The molecule has 128 valence electrons. The van der Waals surface area contributed by atoms with Crippen LogP contribution < -0.4 is 5.73 Å². The average Bonchev–Trinajstić information content (AvgIpc) is 2.54. The fourth-order valence-corrected chi connectivity index (χ4v) is 3.61. The third-order valence-corrected chi connectivity index (χ3v) is 5.08. The minimum atomic E-state index is -0.677. The van der Waals surface area contributed by atoms with Crippen LogP contribution in [0.4, 0.5) is 4.39 Å². The Labute approximate surface area is 146 Å². The third-order valence-electron chi connectivity index (χ3n) is 3.64. The first-order chi connectivity index (χ1) is 11.4. The Morgan fingerprint density at radius 2 is 1.83 bits per heavy atom. The highest BCUT2D eigenvalue weighted by Crippen LogP contribution is 2.40. The van der Waals surface area contributed by atoms with E-state index in [0.29, 0.717) is 0 Å². The summed E-state index contributed by atoms with van der Waals surface area (Å²) in [5, 5.41) is -0.157. The number of halogens is 1. The number of thioether (sulfide) groups is 1. The molecule has 2 aromatic carbocycles. The van der Waals surface area contributed by atoms with Gasteiger partial charge in [-0.25, -0.2) is 4.39 Å². The summed E-state index contributed by atoms with van der Waals surface area (Å²) in [6, 6.07) is 13.8. The Balaban J connectivity index is 2.31. The van der Waals surface area contributed by atoms with E-state index >= 15 is 0 Å². The zero-order valence-corrected chi connectivity index (χ0v) is 14.8. The molecule has 0 saturated heterocycles. The standard InChI is InChI=1S/C19H22FNO2S/c1-12-11-15(20)9-10-17(12)18(14(3)23-19(22)13(2)21)24-16-7-5-4-6-8-16/h4-11,13-14,18H,21H2,1-3H3/t13-,14-,18-/m0/s1. The second-order valence-electron chi connectivity index (χ2n) is 5.78. The number of benzene rings is 2. The molecule has 0 fully saturated rings. The van der Waals surface area contributed by atoms with Crippen LogP contribution in [-0.4, -0.2) is 18.1 Å². The number of esters is 1. The quantitative estimate of drug-likeness (QED) is 0.627. The third kappa shape index (κ3) is 4.82. The van der Waals surface area contributed by atoms with Gasteiger partial charge in [-0.05, 0) is 56.2 Å². The summed E-state index contributed by atoms with van der Waals surface area (Å²) in [5.74, 6) is -0.721. The molecule has 0 spiro atoms. The SMILES string of the molecule is Cc1cc(F)ccc1[C@@H](Sc1ccccc1)[C@H](C)OC(=O)[C@H](C)N. The normalized spacial score (nSPS) is 14.7. The molecular weight excluding hydrogens is 325 g/mol. The van der Waals surface area contributed by atoms with E-state index < -0.39 is 18.1 Å². The Hall–Kier alpha value is -1.85. The summed E-state index contributed by atoms with van der Waals surface area (Å²) in [6.07, 6.45) is -0.405. The van der Waals surface area contributed by atoms with Gasteiger partial charge in [0, 0.05) is 4.90 Å². The average molecular weight is 347 g/mol. The fourth-order valence-electron chi connectivity index (χ4n) is 2.37. The van der Waals surface area contributed by atoms with Gasteiger partial charge in [-0.2, -0.15) is 0 Å². The zero-order chi connectivity index (χ0) is 17.7. The van der Waals surface area contributed by atoms with E-state index in [0.717, 1.165) is 16.0 Å². The van der Waals surface area contributed by atoms with Crippen molar-refractivity contribution in [2.24, 2.45) is 5.73 Å². The Morgan fingerprint density at radius 1 is 1.17 bits per heavy atom. The van der Waals surface area contributed by atoms with E-state index in [1.165, 1.54) is 12.1 Å². The van der Waals surface area contributed by atoms with E-state index in [4.69, 9.17) is 10.5 Å². The highest BCUT2D eigenvalue weighted by molar-refractivity contribution is 7.99. The minimum absolute atomic E-state index is 0.157. The maximum atomic E-state index is 13.4. The van der Waals surface area contributed by atoms with Crippen molar-refractivity contribution >= 4 is 17.7 Å². The molecular formula is C19H22FNO2S. The molecule has 0 aliphatic rings. The topological polar surface area (TPSA) is 52.3 Å². The Morgan fingerprint density at radius 3 is 2.42 bits per heavy atom. The van der Waals surface area contributed by atoms with Crippen LogP contribution in [0, 0.1) is 12.7 Å². The molecule has 3 nitrogen and oxygen atoms in total. The van der Waals surface area contributed by atoms with Gasteiger partial charge in [0.1, 0.15) is 18.0 Å². The van der Waals surface area contributed by atoms with Crippen LogP contribution in [-0.2, 0) is 9.53 Å². The van der Waals surface area contributed by atoms with Crippen LogP contribution in [0.15, 0.2) is 53.4 Å². The first-order valence-electron chi connectivity index (χ1n) is 7.82. The maximum absolute atomic E-state index is 13.4. The van der Waals surface area contributed by atoms with Crippen molar-refractivity contribution in [3.05, 3.63) is 65.5 Å². The summed E-state index contributed by atoms with van der Waals surface area (Å²) in [6.45, 7) is 5.29. The van der Waals surface area contributed by atoms with Gasteiger partial charge in [0.15, 0.2) is 0 Å². The number of ether oxygens (including phenoxy) is 1. The van der Waals surface area contributed by atoms with E-state index in [2.05, 4.69) is 0 Å². The molecule has 0 aromatic heterocycles. The molecule has 0 bridgehead atoms. The fraction of sp³-hybridized carbons (Fsp3) is 0.316. The molecule has 2 aromatic rings.